The second-order valence-electron chi connectivity index (χ2n) is 7.05. The Morgan fingerprint density at radius 3 is 2.68 bits per heavy atom. The van der Waals surface area contributed by atoms with Gasteiger partial charge in [0.2, 0.25) is 5.91 Å². The number of carbonyl (C=O) groups is 2. The summed E-state index contributed by atoms with van der Waals surface area (Å²) in [5.41, 5.74) is 1.90. The lowest BCUT2D eigenvalue weighted by atomic mass is 9.95. The van der Waals surface area contributed by atoms with Crippen molar-refractivity contribution >= 4 is 29.3 Å². The Morgan fingerprint density at radius 2 is 1.96 bits per heavy atom. The van der Waals surface area contributed by atoms with E-state index in [-0.39, 0.29) is 11.7 Å². The number of rotatable bonds is 6. The maximum atomic E-state index is 12.5. The number of thioether (sulfide) groups is 1. The van der Waals surface area contributed by atoms with Gasteiger partial charge >= 0.3 is 5.97 Å². The van der Waals surface area contributed by atoms with E-state index in [9.17, 15) is 9.59 Å². The summed E-state index contributed by atoms with van der Waals surface area (Å²) < 4.78 is 6.92. The SMILES string of the molecule is COC(=O)c1ccc(C)c(NC(=O)CSc2nnc(C)n2C2CCCCC2)c1. The standard InChI is InChI=1S/C20H26N4O3S/c1-13-9-10-15(19(26)27-3)11-17(13)21-18(25)12-28-20-23-22-14(2)24(20)16-7-5-4-6-8-16/h9-11,16H,4-8,12H2,1-3H3,(H,21,25). The number of nitrogens with one attached hydrogen (secondary N) is 1. The molecule has 1 aliphatic carbocycles. The fourth-order valence-electron chi connectivity index (χ4n) is 3.53. The summed E-state index contributed by atoms with van der Waals surface area (Å²) in [6, 6.07) is 5.53. The van der Waals surface area contributed by atoms with Crippen LogP contribution < -0.4 is 5.32 Å². The molecule has 0 aliphatic heterocycles. The Kier molecular flexibility index (Phi) is 6.72. The van der Waals surface area contributed by atoms with E-state index in [1.807, 2.05) is 13.8 Å². The molecule has 1 heterocycles. The lowest BCUT2D eigenvalue weighted by molar-refractivity contribution is -0.113. The fourth-order valence-corrected chi connectivity index (χ4v) is 4.38. The van der Waals surface area contributed by atoms with Gasteiger partial charge in [-0.25, -0.2) is 4.79 Å². The van der Waals surface area contributed by atoms with Crippen molar-refractivity contribution in [2.24, 2.45) is 0 Å². The number of aryl methyl sites for hydroxylation is 2. The highest BCUT2D eigenvalue weighted by Crippen LogP contribution is 2.32. The maximum absolute atomic E-state index is 12.5. The van der Waals surface area contributed by atoms with Crippen LogP contribution in [-0.2, 0) is 9.53 Å². The number of benzene rings is 1. The number of methoxy groups -OCH3 is 1. The summed E-state index contributed by atoms with van der Waals surface area (Å²) >= 11 is 1.40. The number of hydrogen-bond acceptors (Lipinski definition) is 6. The third kappa shape index (κ3) is 4.73. The smallest absolute Gasteiger partial charge is 0.337 e. The number of carbonyl (C=O) groups excluding carboxylic acids is 2. The zero-order valence-electron chi connectivity index (χ0n) is 16.5. The van der Waals surface area contributed by atoms with Crippen molar-refractivity contribution in [3.05, 3.63) is 35.2 Å². The quantitative estimate of drug-likeness (QED) is 0.582. The minimum Gasteiger partial charge on any atom is -0.465 e. The summed E-state index contributed by atoms with van der Waals surface area (Å²) in [5.74, 6) is 0.551. The second-order valence-corrected chi connectivity index (χ2v) is 7.99. The van der Waals surface area contributed by atoms with Gasteiger partial charge in [0, 0.05) is 11.7 Å². The average molecular weight is 403 g/mol. The molecule has 3 rings (SSSR count). The van der Waals surface area contributed by atoms with Crippen LogP contribution >= 0.6 is 11.8 Å². The van der Waals surface area contributed by atoms with Crippen molar-refractivity contribution in [1.29, 1.82) is 0 Å². The molecule has 7 nitrogen and oxygen atoms in total. The summed E-state index contributed by atoms with van der Waals surface area (Å²) in [6.07, 6.45) is 6.01. The predicted molar refractivity (Wildman–Crippen MR) is 109 cm³/mol. The highest BCUT2D eigenvalue weighted by atomic mass is 32.2. The van der Waals surface area contributed by atoms with Crippen molar-refractivity contribution in [1.82, 2.24) is 14.8 Å². The van der Waals surface area contributed by atoms with E-state index in [1.165, 1.54) is 38.1 Å². The van der Waals surface area contributed by atoms with Crippen LogP contribution in [0.2, 0.25) is 0 Å². The molecule has 0 spiro atoms. The zero-order chi connectivity index (χ0) is 20.1. The van der Waals surface area contributed by atoms with Crippen LogP contribution in [0, 0.1) is 13.8 Å². The van der Waals surface area contributed by atoms with E-state index < -0.39 is 5.97 Å². The zero-order valence-corrected chi connectivity index (χ0v) is 17.3. The molecule has 2 aromatic rings. The first-order valence-corrected chi connectivity index (χ1v) is 10.5. The van der Waals surface area contributed by atoms with Gasteiger partial charge in [-0.05, 0) is 44.4 Å². The number of amides is 1. The van der Waals surface area contributed by atoms with Crippen LogP contribution in [0.15, 0.2) is 23.4 Å². The van der Waals surface area contributed by atoms with Crippen molar-refractivity contribution in [2.45, 2.75) is 57.1 Å². The van der Waals surface area contributed by atoms with Gasteiger partial charge < -0.3 is 14.6 Å². The number of aromatic nitrogens is 3. The minimum absolute atomic E-state index is 0.147. The van der Waals surface area contributed by atoms with Crippen LogP contribution in [0.4, 0.5) is 5.69 Å². The van der Waals surface area contributed by atoms with Crippen molar-refractivity contribution in [3.63, 3.8) is 0 Å². The molecule has 1 saturated carbocycles. The second kappa shape index (κ2) is 9.23. The van der Waals surface area contributed by atoms with Crippen molar-refractivity contribution < 1.29 is 14.3 Å². The normalized spacial score (nSPS) is 14.7. The van der Waals surface area contributed by atoms with Gasteiger partial charge in [0.25, 0.3) is 0 Å². The summed E-state index contributed by atoms with van der Waals surface area (Å²) in [5, 5.41) is 12.2. The van der Waals surface area contributed by atoms with Gasteiger partial charge in [-0.1, -0.05) is 37.1 Å². The van der Waals surface area contributed by atoms with Crippen molar-refractivity contribution in [3.8, 4) is 0 Å². The molecule has 1 aliphatic rings. The molecular weight excluding hydrogens is 376 g/mol. The Hall–Kier alpha value is -2.35. The number of nitrogens with zero attached hydrogens (tertiary/aromatic N) is 3. The third-order valence-corrected chi connectivity index (χ3v) is 5.98. The molecule has 28 heavy (non-hydrogen) atoms. The van der Waals surface area contributed by atoms with E-state index in [0.717, 1.165) is 29.4 Å². The number of ether oxygens (including phenoxy) is 1. The maximum Gasteiger partial charge on any atom is 0.337 e. The van der Waals surface area contributed by atoms with Gasteiger partial charge in [-0.15, -0.1) is 10.2 Å². The topological polar surface area (TPSA) is 86.1 Å². The summed E-state index contributed by atoms with van der Waals surface area (Å²) in [4.78, 5) is 24.2. The van der Waals surface area contributed by atoms with Crippen LogP contribution in [0.5, 0.6) is 0 Å². The molecule has 0 atom stereocenters. The predicted octanol–water partition coefficient (Wildman–Crippen LogP) is 3.92. The van der Waals surface area contributed by atoms with Crippen molar-refractivity contribution in [2.75, 3.05) is 18.2 Å². The molecule has 150 valence electrons. The Bertz CT molecular complexity index is 859. The highest BCUT2D eigenvalue weighted by Gasteiger charge is 2.22. The lowest BCUT2D eigenvalue weighted by Gasteiger charge is -2.24. The first kappa shape index (κ1) is 20.4. The lowest BCUT2D eigenvalue weighted by Crippen LogP contribution is -2.18. The number of esters is 1. The van der Waals surface area contributed by atoms with Crippen LogP contribution in [-0.4, -0.2) is 39.5 Å². The molecule has 1 N–H and O–H groups in total. The molecule has 0 saturated heterocycles. The summed E-state index contributed by atoms with van der Waals surface area (Å²) in [6.45, 7) is 3.85. The molecule has 0 unspecified atom stereocenters. The van der Waals surface area contributed by atoms with E-state index >= 15 is 0 Å². The highest BCUT2D eigenvalue weighted by molar-refractivity contribution is 7.99. The fraction of sp³-hybridized carbons (Fsp3) is 0.500. The largest absolute Gasteiger partial charge is 0.465 e. The third-order valence-electron chi connectivity index (χ3n) is 5.04. The van der Waals surface area contributed by atoms with E-state index in [4.69, 9.17) is 4.74 Å². The van der Waals surface area contributed by atoms with E-state index in [2.05, 4.69) is 20.1 Å². The van der Waals surface area contributed by atoms with Gasteiger partial charge in [0.15, 0.2) is 5.16 Å². The molecule has 1 fully saturated rings. The summed E-state index contributed by atoms with van der Waals surface area (Å²) in [7, 11) is 1.33. The molecule has 1 aromatic carbocycles. The number of hydrogen-bond donors (Lipinski definition) is 1. The molecule has 0 radical (unpaired) electrons. The van der Waals surface area contributed by atoms with Gasteiger partial charge in [-0.3, -0.25) is 4.79 Å². The Labute approximate surface area is 169 Å². The van der Waals surface area contributed by atoms with Gasteiger partial charge in [-0.2, -0.15) is 0 Å². The molecular formula is C20H26N4O3S. The van der Waals surface area contributed by atoms with Crippen LogP contribution in [0.25, 0.3) is 0 Å². The Balaban J connectivity index is 1.65. The molecule has 0 bridgehead atoms. The number of anilines is 1. The monoisotopic (exact) mass is 402 g/mol. The van der Waals surface area contributed by atoms with Gasteiger partial charge in [0.05, 0.1) is 18.4 Å². The minimum atomic E-state index is -0.430. The first-order valence-electron chi connectivity index (χ1n) is 9.52. The molecule has 1 amide bonds. The Morgan fingerprint density at radius 1 is 1.21 bits per heavy atom. The van der Waals surface area contributed by atoms with Gasteiger partial charge in [0.1, 0.15) is 5.82 Å². The van der Waals surface area contributed by atoms with E-state index in [0.29, 0.717) is 17.3 Å². The van der Waals surface area contributed by atoms with Crippen LogP contribution in [0.3, 0.4) is 0 Å². The molecule has 8 heteroatoms. The first-order chi connectivity index (χ1) is 13.5. The molecule has 1 aromatic heterocycles. The van der Waals surface area contributed by atoms with Crippen LogP contribution in [0.1, 0.15) is 59.9 Å². The average Bonchev–Trinajstić information content (AvgIpc) is 3.08. The van der Waals surface area contributed by atoms with E-state index in [1.54, 1.807) is 18.2 Å².